The van der Waals surface area contributed by atoms with E-state index in [2.05, 4.69) is 36.2 Å². The summed E-state index contributed by atoms with van der Waals surface area (Å²) in [7, 11) is 0. The summed E-state index contributed by atoms with van der Waals surface area (Å²) in [5, 5.41) is 3.30. The van der Waals surface area contributed by atoms with Gasteiger partial charge in [-0.3, -0.25) is 0 Å². The fourth-order valence-corrected chi connectivity index (χ4v) is 4.97. The molecule has 0 bridgehead atoms. The van der Waals surface area contributed by atoms with Crippen molar-refractivity contribution in [2.75, 3.05) is 18.8 Å². The van der Waals surface area contributed by atoms with Gasteiger partial charge in [-0.05, 0) is 103 Å². The lowest BCUT2D eigenvalue weighted by Gasteiger charge is -2.27. The summed E-state index contributed by atoms with van der Waals surface area (Å²) >= 11 is 0. The molecule has 1 saturated heterocycles. The number of rotatable bonds is 8. The lowest BCUT2D eigenvalue weighted by molar-refractivity contribution is 0.0169. The van der Waals surface area contributed by atoms with E-state index in [0.717, 1.165) is 60.3 Å². The third-order valence-electron chi connectivity index (χ3n) is 7.18. The number of allylic oxidation sites excluding steroid dienone is 2. The second kappa shape index (κ2) is 10.4. The van der Waals surface area contributed by atoms with Crippen LogP contribution < -0.4 is 11.1 Å². The SMILES string of the molecule is C=Cc1c(N)ccc(/C(Cc2ccc(CC3CNC3)cc2)=C(\C)c2ccc(F)cc2C(C)(F)F)c1C. The van der Waals surface area contributed by atoms with Gasteiger partial charge in [0.1, 0.15) is 5.82 Å². The average Bonchev–Trinajstić information content (AvgIpc) is 2.80. The van der Waals surface area contributed by atoms with Gasteiger partial charge in [-0.2, -0.15) is 0 Å². The minimum atomic E-state index is -3.19. The standard InChI is InChI=1S/C31H33F3N2/c1-5-25-19(2)26(12-13-30(25)35)28(15-22-8-6-21(7-9-22)14-23-17-36-18-23)20(3)27-11-10-24(32)16-29(27)31(4,33)34/h5-13,16,23,36H,1,14-15,17-18,35H2,2-4H3/b28-20+. The molecule has 3 aromatic carbocycles. The minimum absolute atomic E-state index is 0.320. The summed E-state index contributed by atoms with van der Waals surface area (Å²) in [5.41, 5.74) is 13.4. The van der Waals surface area contributed by atoms with Gasteiger partial charge in [0, 0.05) is 23.7 Å². The number of nitrogens with two attached hydrogens (primary N) is 1. The molecule has 0 unspecified atom stereocenters. The number of hydrogen-bond donors (Lipinski definition) is 2. The highest BCUT2D eigenvalue weighted by atomic mass is 19.3. The molecule has 0 saturated carbocycles. The lowest BCUT2D eigenvalue weighted by atomic mass is 9.84. The molecule has 5 heteroatoms. The molecule has 2 nitrogen and oxygen atoms in total. The number of benzene rings is 3. The second-order valence-corrected chi connectivity index (χ2v) is 9.85. The maximum atomic E-state index is 14.6. The number of hydrogen-bond acceptors (Lipinski definition) is 2. The molecule has 0 aliphatic carbocycles. The maximum Gasteiger partial charge on any atom is 0.271 e. The van der Waals surface area contributed by atoms with Gasteiger partial charge in [0.15, 0.2) is 0 Å². The second-order valence-electron chi connectivity index (χ2n) is 9.85. The monoisotopic (exact) mass is 490 g/mol. The maximum absolute atomic E-state index is 14.6. The van der Waals surface area contributed by atoms with Crippen molar-refractivity contribution < 1.29 is 13.2 Å². The Morgan fingerprint density at radius 1 is 1.06 bits per heavy atom. The van der Waals surface area contributed by atoms with Crippen molar-refractivity contribution in [3.63, 3.8) is 0 Å². The Morgan fingerprint density at radius 2 is 1.69 bits per heavy atom. The van der Waals surface area contributed by atoms with Crippen LogP contribution in [0.3, 0.4) is 0 Å². The van der Waals surface area contributed by atoms with Crippen LogP contribution in [0.4, 0.5) is 18.9 Å². The summed E-state index contributed by atoms with van der Waals surface area (Å²) < 4.78 is 43.1. The van der Waals surface area contributed by atoms with Crippen molar-refractivity contribution in [1.82, 2.24) is 5.32 Å². The Bertz CT molecular complexity index is 1300. The van der Waals surface area contributed by atoms with Gasteiger partial charge in [0.05, 0.1) is 0 Å². The molecule has 1 fully saturated rings. The predicted octanol–water partition coefficient (Wildman–Crippen LogP) is 7.41. The zero-order valence-corrected chi connectivity index (χ0v) is 21.1. The Hall–Kier alpha value is -3.31. The van der Waals surface area contributed by atoms with Crippen LogP contribution in [0.5, 0.6) is 0 Å². The molecule has 0 atom stereocenters. The first-order chi connectivity index (χ1) is 17.1. The average molecular weight is 491 g/mol. The Labute approximate surface area is 211 Å². The zero-order chi connectivity index (χ0) is 26.0. The molecule has 3 N–H and O–H groups in total. The van der Waals surface area contributed by atoms with E-state index in [1.807, 2.05) is 26.0 Å². The molecule has 4 rings (SSSR count). The largest absolute Gasteiger partial charge is 0.398 e. The van der Waals surface area contributed by atoms with E-state index in [1.54, 1.807) is 6.08 Å². The summed E-state index contributed by atoms with van der Waals surface area (Å²) in [4.78, 5) is 0. The van der Waals surface area contributed by atoms with E-state index in [0.29, 0.717) is 29.2 Å². The highest BCUT2D eigenvalue weighted by molar-refractivity contribution is 5.94. The first-order valence-electron chi connectivity index (χ1n) is 12.3. The van der Waals surface area contributed by atoms with E-state index in [-0.39, 0.29) is 5.56 Å². The highest BCUT2D eigenvalue weighted by Crippen LogP contribution is 2.39. The van der Waals surface area contributed by atoms with Crippen LogP contribution in [0.15, 0.2) is 61.2 Å². The van der Waals surface area contributed by atoms with Crippen LogP contribution in [-0.2, 0) is 18.8 Å². The molecule has 0 amide bonds. The smallest absolute Gasteiger partial charge is 0.271 e. The fraction of sp³-hybridized carbons (Fsp3) is 0.290. The molecule has 1 aliphatic heterocycles. The number of nitrogen functional groups attached to an aromatic ring is 1. The normalized spacial score (nSPS) is 14.8. The van der Waals surface area contributed by atoms with Gasteiger partial charge in [-0.25, -0.2) is 13.2 Å². The fourth-order valence-electron chi connectivity index (χ4n) is 4.97. The summed E-state index contributed by atoms with van der Waals surface area (Å²) in [6.07, 6.45) is 3.29. The van der Waals surface area contributed by atoms with Crippen LogP contribution >= 0.6 is 0 Å². The zero-order valence-electron chi connectivity index (χ0n) is 21.1. The third-order valence-corrected chi connectivity index (χ3v) is 7.18. The molecule has 188 valence electrons. The van der Waals surface area contributed by atoms with Crippen molar-refractivity contribution in [3.05, 3.63) is 106 Å². The van der Waals surface area contributed by atoms with Gasteiger partial charge >= 0.3 is 0 Å². The molecule has 0 aromatic heterocycles. The number of anilines is 1. The minimum Gasteiger partial charge on any atom is -0.398 e. The van der Waals surface area contributed by atoms with Gasteiger partial charge < -0.3 is 11.1 Å². The van der Waals surface area contributed by atoms with Crippen molar-refractivity contribution in [3.8, 4) is 0 Å². The van der Waals surface area contributed by atoms with E-state index < -0.39 is 11.7 Å². The van der Waals surface area contributed by atoms with Crippen LogP contribution in [0.25, 0.3) is 17.2 Å². The van der Waals surface area contributed by atoms with Crippen LogP contribution in [0.1, 0.15) is 52.8 Å². The van der Waals surface area contributed by atoms with Crippen molar-refractivity contribution in [2.45, 2.75) is 39.5 Å². The van der Waals surface area contributed by atoms with E-state index in [1.165, 1.54) is 17.7 Å². The topological polar surface area (TPSA) is 38.0 Å². The van der Waals surface area contributed by atoms with Crippen molar-refractivity contribution in [1.29, 1.82) is 0 Å². The van der Waals surface area contributed by atoms with E-state index >= 15 is 0 Å². The number of halogens is 3. The first-order valence-corrected chi connectivity index (χ1v) is 12.3. The Morgan fingerprint density at radius 3 is 2.28 bits per heavy atom. The molecule has 36 heavy (non-hydrogen) atoms. The van der Waals surface area contributed by atoms with E-state index in [4.69, 9.17) is 5.73 Å². The molecule has 1 heterocycles. The van der Waals surface area contributed by atoms with Gasteiger partial charge in [-0.1, -0.05) is 49.1 Å². The molecule has 0 spiro atoms. The van der Waals surface area contributed by atoms with Gasteiger partial charge in [0.25, 0.3) is 5.92 Å². The summed E-state index contributed by atoms with van der Waals surface area (Å²) in [6.45, 7) is 10.6. The quantitative estimate of drug-likeness (QED) is 0.255. The molecule has 3 aromatic rings. The first kappa shape index (κ1) is 25.8. The number of alkyl halides is 2. The Kier molecular flexibility index (Phi) is 7.41. The summed E-state index contributed by atoms with van der Waals surface area (Å²) in [6, 6.07) is 15.9. The predicted molar refractivity (Wildman–Crippen MR) is 144 cm³/mol. The number of nitrogens with one attached hydrogen (secondary N) is 1. The van der Waals surface area contributed by atoms with Gasteiger partial charge in [-0.15, -0.1) is 0 Å². The molecule has 0 radical (unpaired) electrons. The molecule has 1 aliphatic rings. The van der Waals surface area contributed by atoms with Crippen molar-refractivity contribution >= 4 is 22.9 Å². The van der Waals surface area contributed by atoms with Crippen molar-refractivity contribution in [2.24, 2.45) is 5.92 Å². The highest BCUT2D eigenvalue weighted by Gasteiger charge is 2.29. The van der Waals surface area contributed by atoms with Crippen LogP contribution in [0, 0.1) is 18.7 Å². The van der Waals surface area contributed by atoms with Crippen LogP contribution in [-0.4, -0.2) is 13.1 Å². The summed E-state index contributed by atoms with van der Waals surface area (Å²) in [5.74, 6) is -3.19. The third kappa shape index (κ3) is 5.41. The van der Waals surface area contributed by atoms with Crippen LogP contribution in [0.2, 0.25) is 0 Å². The van der Waals surface area contributed by atoms with E-state index in [9.17, 15) is 13.2 Å². The van der Waals surface area contributed by atoms with Gasteiger partial charge in [0.2, 0.25) is 0 Å². The Balaban J connectivity index is 1.84. The molecular weight excluding hydrogens is 457 g/mol. The molecular formula is C31H33F3N2. The lowest BCUT2D eigenvalue weighted by Crippen LogP contribution is -2.43.